The second-order valence-electron chi connectivity index (χ2n) is 7.41. The van der Waals surface area contributed by atoms with E-state index in [4.69, 9.17) is 0 Å². The molecule has 1 aromatic heterocycles. The minimum Gasteiger partial charge on any atom is -0.340 e. The van der Waals surface area contributed by atoms with E-state index in [0.717, 1.165) is 50.9 Å². The first kappa shape index (κ1) is 16.3. The van der Waals surface area contributed by atoms with E-state index in [1.807, 2.05) is 28.8 Å². The maximum atomic E-state index is 12.9. The van der Waals surface area contributed by atoms with Crippen molar-refractivity contribution in [2.75, 3.05) is 26.2 Å². The van der Waals surface area contributed by atoms with Crippen LogP contribution in [0.1, 0.15) is 22.5 Å². The zero-order valence-electron chi connectivity index (χ0n) is 14.8. The minimum atomic E-state index is 0.0756. The third-order valence-corrected chi connectivity index (χ3v) is 5.65. The molecule has 2 atom stereocenters. The van der Waals surface area contributed by atoms with Crippen LogP contribution in [0.4, 0.5) is 0 Å². The summed E-state index contributed by atoms with van der Waals surface area (Å²) in [5.74, 6) is 2.29. The number of nitrogens with one attached hydrogen (secondary N) is 1. The molecule has 1 aliphatic heterocycles. The quantitative estimate of drug-likeness (QED) is 0.840. The smallest absolute Gasteiger partial charge is 0.274 e. The molecule has 5 heteroatoms. The number of imidazole rings is 1. The van der Waals surface area contributed by atoms with Gasteiger partial charge in [-0.1, -0.05) is 30.3 Å². The molecule has 1 N–H and O–H groups in total. The molecular formula is C20H26N4O. The number of hydrogen-bond acceptors (Lipinski definition) is 3. The van der Waals surface area contributed by atoms with E-state index in [9.17, 15) is 4.79 Å². The lowest BCUT2D eigenvalue weighted by Crippen LogP contribution is -2.36. The summed E-state index contributed by atoms with van der Waals surface area (Å²) in [6.45, 7) is 3.91. The number of nitrogens with zero attached hydrogens (tertiary/aromatic N) is 3. The Morgan fingerprint density at radius 2 is 2.04 bits per heavy atom. The van der Waals surface area contributed by atoms with Crippen LogP contribution in [-0.2, 0) is 13.5 Å². The Balaban J connectivity index is 1.39. The molecular weight excluding hydrogens is 312 g/mol. The van der Waals surface area contributed by atoms with Crippen LogP contribution < -0.4 is 5.32 Å². The first-order valence-corrected chi connectivity index (χ1v) is 9.24. The van der Waals surface area contributed by atoms with E-state index in [1.165, 1.54) is 5.56 Å². The number of carbonyl (C=O) groups is 1. The van der Waals surface area contributed by atoms with Crippen LogP contribution in [-0.4, -0.2) is 46.5 Å². The van der Waals surface area contributed by atoms with Gasteiger partial charge < -0.3 is 14.8 Å². The zero-order valence-corrected chi connectivity index (χ0v) is 14.8. The molecule has 132 valence electrons. The Morgan fingerprint density at radius 1 is 1.28 bits per heavy atom. The molecule has 0 radical (unpaired) electrons. The standard InChI is InChI=1S/C20H26N4O/c1-23-13-19(22-14-23)20(25)24(12-18-16-10-21-11-17(16)18)9-5-8-15-6-3-2-4-7-15/h2-4,6-7,13-14,16-18,21H,5,8-12H2,1H3. The van der Waals surface area contributed by atoms with Gasteiger partial charge in [-0.2, -0.15) is 0 Å². The maximum Gasteiger partial charge on any atom is 0.274 e. The second kappa shape index (κ2) is 7.00. The molecule has 2 aromatic rings. The van der Waals surface area contributed by atoms with E-state index in [0.29, 0.717) is 11.6 Å². The monoisotopic (exact) mass is 338 g/mol. The van der Waals surface area contributed by atoms with E-state index >= 15 is 0 Å². The van der Waals surface area contributed by atoms with Gasteiger partial charge in [0.25, 0.3) is 5.91 Å². The Kier molecular flexibility index (Phi) is 4.57. The number of piperidine rings is 1. The average molecular weight is 338 g/mol. The van der Waals surface area contributed by atoms with Crippen LogP contribution >= 0.6 is 0 Å². The lowest BCUT2D eigenvalue weighted by atomic mass is 10.1. The molecule has 5 nitrogen and oxygen atoms in total. The van der Waals surface area contributed by atoms with Gasteiger partial charge in [-0.15, -0.1) is 0 Å². The highest BCUT2D eigenvalue weighted by atomic mass is 16.2. The summed E-state index contributed by atoms with van der Waals surface area (Å²) in [7, 11) is 1.90. The van der Waals surface area contributed by atoms with E-state index in [1.54, 1.807) is 6.33 Å². The van der Waals surface area contributed by atoms with Crippen LogP contribution in [0.25, 0.3) is 0 Å². The minimum absolute atomic E-state index is 0.0756. The molecule has 1 aliphatic carbocycles. The van der Waals surface area contributed by atoms with E-state index in [2.05, 4.69) is 34.6 Å². The van der Waals surface area contributed by atoms with Crippen LogP contribution in [0, 0.1) is 17.8 Å². The number of hydrogen-bond donors (Lipinski definition) is 1. The molecule has 0 spiro atoms. The van der Waals surface area contributed by atoms with Gasteiger partial charge in [-0.3, -0.25) is 4.79 Å². The highest BCUT2D eigenvalue weighted by Gasteiger charge is 2.53. The molecule has 2 aliphatic rings. The number of carbonyl (C=O) groups excluding carboxylic acids is 1. The van der Waals surface area contributed by atoms with Crippen molar-refractivity contribution in [2.24, 2.45) is 24.8 Å². The Labute approximate surface area is 149 Å². The lowest BCUT2D eigenvalue weighted by Gasteiger charge is -2.23. The first-order valence-electron chi connectivity index (χ1n) is 9.24. The van der Waals surface area contributed by atoms with Crippen molar-refractivity contribution < 1.29 is 4.79 Å². The number of rotatable bonds is 7. The fourth-order valence-electron chi connectivity index (χ4n) is 4.15. The largest absolute Gasteiger partial charge is 0.340 e. The van der Waals surface area contributed by atoms with Gasteiger partial charge in [0.1, 0.15) is 5.69 Å². The van der Waals surface area contributed by atoms with Gasteiger partial charge in [0, 0.05) is 26.3 Å². The van der Waals surface area contributed by atoms with Gasteiger partial charge in [-0.05, 0) is 49.2 Å². The molecule has 25 heavy (non-hydrogen) atoms. The fraction of sp³-hybridized carbons (Fsp3) is 0.500. The highest BCUT2D eigenvalue weighted by molar-refractivity contribution is 5.92. The first-order chi connectivity index (χ1) is 12.2. The van der Waals surface area contributed by atoms with Crippen molar-refractivity contribution in [1.29, 1.82) is 0 Å². The third-order valence-electron chi connectivity index (χ3n) is 5.65. The Bertz CT molecular complexity index is 716. The van der Waals surface area contributed by atoms with Crippen molar-refractivity contribution in [2.45, 2.75) is 12.8 Å². The lowest BCUT2D eigenvalue weighted by molar-refractivity contribution is 0.0734. The fourth-order valence-corrected chi connectivity index (χ4v) is 4.15. The highest BCUT2D eigenvalue weighted by Crippen LogP contribution is 2.49. The Morgan fingerprint density at radius 3 is 2.72 bits per heavy atom. The van der Waals surface area contributed by atoms with Crippen LogP contribution in [0.2, 0.25) is 0 Å². The summed E-state index contributed by atoms with van der Waals surface area (Å²) in [4.78, 5) is 19.2. The predicted molar refractivity (Wildman–Crippen MR) is 97.2 cm³/mol. The van der Waals surface area contributed by atoms with E-state index in [-0.39, 0.29) is 5.91 Å². The predicted octanol–water partition coefficient (Wildman–Crippen LogP) is 1.96. The van der Waals surface area contributed by atoms with Crippen molar-refractivity contribution in [3.8, 4) is 0 Å². The van der Waals surface area contributed by atoms with Crippen molar-refractivity contribution in [1.82, 2.24) is 19.8 Å². The van der Waals surface area contributed by atoms with Gasteiger partial charge in [0.15, 0.2) is 0 Å². The molecule has 1 aromatic carbocycles. The molecule has 2 fully saturated rings. The number of benzene rings is 1. The summed E-state index contributed by atoms with van der Waals surface area (Å²) in [6.07, 6.45) is 5.52. The topological polar surface area (TPSA) is 50.2 Å². The second-order valence-corrected chi connectivity index (χ2v) is 7.41. The van der Waals surface area contributed by atoms with Gasteiger partial charge >= 0.3 is 0 Å². The summed E-state index contributed by atoms with van der Waals surface area (Å²) < 4.78 is 1.84. The van der Waals surface area contributed by atoms with Gasteiger partial charge in [0.2, 0.25) is 0 Å². The number of aryl methyl sites for hydroxylation is 2. The molecule has 2 unspecified atom stereocenters. The third kappa shape index (κ3) is 3.61. The summed E-state index contributed by atoms with van der Waals surface area (Å²) in [6, 6.07) is 10.5. The summed E-state index contributed by atoms with van der Waals surface area (Å²) >= 11 is 0. The number of fused-ring (bicyclic) bond motifs is 1. The molecule has 2 heterocycles. The average Bonchev–Trinajstić information content (AvgIpc) is 3.00. The van der Waals surface area contributed by atoms with Gasteiger partial charge in [0.05, 0.1) is 6.33 Å². The summed E-state index contributed by atoms with van der Waals surface area (Å²) in [5, 5.41) is 3.43. The molecule has 1 saturated carbocycles. The molecule has 1 amide bonds. The summed E-state index contributed by atoms with van der Waals surface area (Å²) in [5.41, 5.74) is 1.89. The maximum absolute atomic E-state index is 12.9. The normalized spacial score (nSPS) is 24.1. The van der Waals surface area contributed by atoms with Crippen molar-refractivity contribution in [3.63, 3.8) is 0 Å². The molecule has 1 saturated heterocycles. The molecule has 0 bridgehead atoms. The van der Waals surface area contributed by atoms with Crippen LogP contribution in [0.15, 0.2) is 42.9 Å². The van der Waals surface area contributed by atoms with Crippen molar-refractivity contribution >= 4 is 5.91 Å². The van der Waals surface area contributed by atoms with Crippen LogP contribution in [0.5, 0.6) is 0 Å². The number of amides is 1. The Hall–Kier alpha value is -2.14. The van der Waals surface area contributed by atoms with Gasteiger partial charge in [-0.25, -0.2) is 4.98 Å². The number of aromatic nitrogens is 2. The van der Waals surface area contributed by atoms with Crippen molar-refractivity contribution in [3.05, 3.63) is 54.1 Å². The van der Waals surface area contributed by atoms with Crippen LogP contribution in [0.3, 0.4) is 0 Å². The molecule has 4 rings (SSSR count). The van der Waals surface area contributed by atoms with E-state index < -0.39 is 0 Å². The SMILES string of the molecule is Cn1cnc(C(=O)N(CCCc2ccccc2)CC2C3CNCC32)c1. The zero-order chi connectivity index (χ0) is 17.2.